The molecule has 1 aliphatic heterocycles. The van der Waals surface area contributed by atoms with Crippen LogP contribution in [0.25, 0.3) is 10.9 Å². The topological polar surface area (TPSA) is 94.2 Å². The second-order valence-electron chi connectivity index (χ2n) is 6.78. The van der Waals surface area contributed by atoms with Crippen LogP contribution in [0.15, 0.2) is 42.6 Å². The van der Waals surface area contributed by atoms with Crippen molar-refractivity contribution in [3.63, 3.8) is 0 Å². The Balaban J connectivity index is 1.46. The number of carbonyl (C=O) groups is 2. The van der Waals surface area contributed by atoms with Gasteiger partial charge in [-0.1, -0.05) is 24.3 Å². The van der Waals surface area contributed by atoms with Gasteiger partial charge in [0.15, 0.2) is 5.69 Å². The number of aromatic amines is 1. The maximum atomic E-state index is 12.6. The maximum Gasteiger partial charge on any atom is 0.272 e. The molecule has 0 spiro atoms. The van der Waals surface area contributed by atoms with Gasteiger partial charge >= 0.3 is 0 Å². The van der Waals surface area contributed by atoms with Gasteiger partial charge in [-0.3, -0.25) is 14.7 Å². The van der Waals surface area contributed by atoms with Gasteiger partial charge < -0.3 is 15.1 Å². The number of benzene rings is 1. The smallest absolute Gasteiger partial charge is 0.272 e. The number of rotatable bonds is 4. The van der Waals surface area contributed by atoms with E-state index in [1.54, 1.807) is 13.1 Å². The molecular weight excluding hydrogens is 356 g/mol. The van der Waals surface area contributed by atoms with E-state index in [4.69, 9.17) is 0 Å². The summed E-state index contributed by atoms with van der Waals surface area (Å²) in [7, 11) is 0. The summed E-state index contributed by atoms with van der Waals surface area (Å²) in [5.41, 5.74) is 2.15. The van der Waals surface area contributed by atoms with Gasteiger partial charge in [0, 0.05) is 56.8 Å². The molecule has 8 nitrogen and oxygen atoms in total. The molecule has 4 rings (SSSR count). The van der Waals surface area contributed by atoms with Crippen LogP contribution in [-0.4, -0.2) is 58.1 Å². The second kappa shape index (κ2) is 7.67. The van der Waals surface area contributed by atoms with Crippen LogP contribution in [0.3, 0.4) is 0 Å². The zero-order valence-corrected chi connectivity index (χ0v) is 15.7. The Bertz CT molecular complexity index is 1010. The number of pyridine rings is 1. The first-order valence-corrected chi connectivity index (χ1v) is 9.29. The van der Waals surface area contributed by atoms with Crippen LogP contribution in [0.2, 0.25) is 0 Å². The largest absolute Gasteiger partial charge is 0.353 e. The Morgan fingerprint density at radius 2 is 1.89 bits per heavy atom. The van der Waals surface area contributed by atoms with E-state index in [-0.39, 0.29) is 11.8 Å². The molecule has 1 aromatic carbocycles. The number of anilines is 1. The number of nitrogens with one attached hydrogen (secondary N) is 2. The van der Waals surface area contributed by atoms with Crippen LogP contribution in [0.5, 0.6) is 0 Å². The van der Waals surface area contributed by atoms with E-state index in [9.17, 15) is 9.59 Å². The lowest BCUT2D eigenvalue weighted by molar-refractivity contribution is -0.129. The lowest BCUT2D eigenvalue weighted by atomic mass is 10.2. The molecule has 3 aromatic rings. The minimum atomic E-state index is -0.228. The first kappa shape index (κ1) is 18.0. The van der Waals surface area contributed by atoms with Gasteiger partial charge in [0.1, 0.15) is 5.82 Å². The van der Waals surface area contributed by atoms with Gasteiger partial charge in [-0.05, 0) is 12.1 Å². The van der Waals surface area contributed by atoms with Crippen molar-refractivity contribution >= 4 is 28.5 Å². The molecule has 2 amide bonds. The van der Waals surface area contributed by atoms with Crippen LogP contribution >= 0.6 is 0 Å². The summed E-state index contributed by atoms with van der Waals surface area (Å²) >= 11 is 0. The van der Waals surface area contributed by atoms with Gasteiger partial charge in [-0.25, -0.2) is 4.98 Å². The van der Waals surface area contributed by atoms with E-state index < -0.39 is 0 Å². The molecule has 0 radical (unpaired) electrons. The fourth-order valence-electron chi connectivity index (χ4n) is 3.48. The third-order valence-corrected chi connectivity index (χ3v) is 5.02. The van der Waals surface area contributed by atoms with Crippen LogP contribution in [0, 0.1) is 0 Å². The van der Waals surface area contributed by atoms with Gasteiger partial charge in [-0.15, -0.1) is 0 Å². The average Bonchev–Trinajstić information content (AvgIpc) is 3.16. The summed E-state index contributed by atoms with van der Waals surface area (Å²) in [6.07, 6.45) is 1.75. The van der Waals surface area contributed by atoms with Gasteiger partial charge in [0.2, 0.25) is 5.91 Å². The molecule has 0 bridgehead atoms. The van der Waals surface area contributed by atoms with Crippen molar-refractivity contribution in [1.29, 1.82) is 0 Å². The van der Waals surface area contributed by atoms with Crippen molar-refractivity contribution in [3.8, 4) is 0 Å². The van der Waals surface area contributed by atoms with Crippen molar-refractivity contribution in [2.75, 3.05) is 31.1 Å². The summed E-state index contributed by atoms with van der Waals surface area (Å²) in [5.74, 6) is 0.714. The first-order chi connectivity index (χ1) is 13.6. The molecule has 1 saturated heterocycles. The monoisotopic (exact) mass is 378 g/mol. The van der Waals surface area contributed by atoms with Crippen molar-refractivity contribution in [2.24, 2.45) is 0 Å². The Kier molecular flexibility index (Phi) is 4.92. The van der Waals surface area contributed by atoms with Crippen molar-refractivity contribution < 1.29 is 9.59 Å². The fourth-order valence-corrected chi connectivity index (χ4v) is 3.48. The highest BCUT2D eigenvalue weighted by Crippen LogP contribution is 2.20. The second-order valence-corrected chi connectivity index (χ2v) is 6.78. The summed E-state index contributed by atoms with van der Waals surface area (Å²) in [5, 5.41) is 10.8. The van der Waals surface area contributed by atoms with Crippen molar-refractivity contribution in [3.05, 3.63) is 53.9 Å². The zero-order chi connectivity index (χ0) is 19.5. The molecule has 2 aromatic heterocycles. The van der Waals surface area contributed by atoms with Gasteiger partial charge in [-0.2, -0.15) is 5.10 Å². The molecule has 8 heteroatoms. The first-order valence-electron chi connectivity index (χ1n) is 9.29. The highest BCUT2D eigenvalue weighted by Gasteiger charge is 2.22. The summed E-state index contributed by atoms with van der Waals surface area (Å²) in [6, 6.07) is 11.4. The van der Waals surface area contributed by atoms with Gasteiger partial charge in [0.25, 0.3) is 5.91 Å². The number of para-hydroxylation sites is 1. The molecular formula is C20H22N6O2. The molecule has 0 saturated carbocycles. The number of fused-ring (bicyclic) bond motifs is 1. The normalized spacial score (nSPS) is 14.3. The van der Waals surface area contributed by atoms with Crippen LogP contribution in [0.1, 0.15) is 23.0 Å². The van der Waals surface area contributed by atoms with Crippen LogP contribution < -0.4 is 10.2 Å². The Labute approximate surface area is 162 Å². The maximum absolute atomic E-state index is 12.6. The summed E-state index contributed by atoms with van der Waals surface area (Å²) < 4.78 is 0. The Hall–Kier alpha value is -3.42. The van der Waals surface area contributed by atoms with Crippen LogP contribution in [0.4, 0.5) is 5.82 Å². The molecule has 0 atom stereocenters. The standard InChI is InChI=1S/C20H22N6O2/c1-14(27)25-9-11-26(12-10-25)19-15(5-4-8-21-19)13-22-20(28)18-16-6-2-3-7-17(16)23-24-18/h2-8H,9-13H2,1H3,(H,22,28)(H,23,24). The molecule has 0 aliphatic carbocycles. The molecule has 28 heavy (non-hydrogen) atoms. The SMILES string of the molecule is CC(=O)N1CCN(c2ncccc2CNC(=O)c2n[nH]c3ccccc23)CC1. The quantitative estimate of drug-likeness (QED) is 0.718. The molecule has 1 fully saturated rings. The highest BCUT2D eigenvalue weighted by molar-refractivity contribution is 6.04. The molecule has 0 unspecified atom stereocenters. The molecule has 3 heterocycles. The summed E-state index contributed by atoms with van der Waals surface area (Å²) in [6.45, 7) is 4.75. The number of hydrogen-bond donors (Lipinski definition) is 2. The third kappa shape index (κ3) is 3.53. The number of aromatic nitrogens is 3. The van der Waals surface area contributed by atoms with Crippen molar-refractivity contribution in [2.45, 2.75) is 13.5 Å². The number of nitrogens with zero attached hydrogens (tertiary/aromatic N) is 4. The van der Waals surface area contributed by atoms with E-state index >= 15 is 0 Å². The Morgan fingerprint density at radius 3 is 2.68 bits per heavy atom. The molecule has 2 N–H and O–H groups in total. The number of hydrogen-bond acceptors (Lipinski definition) is 5. The number of carbonyl (C=O) groups excluding carboxylic acids is 2. The van der Waals surface area contributed by atoms with Crippen molar-refractivity contribution in [1.82, 2.24) is 25.4 Å². The fraction of sp³-hybridized carbons (Fsp3) is 0.300. The van der Waals surface area contributed by atoms with E-state index in [1.165, 1.54) is 0 Å². The lowest BCUT2D eigenvalue weighted by Gasteiger charge is -2.35. The van der Waals surface area contributed by atoms with E-state index in [2.05, 4.69) is 25.4 Å². The van der Waals surface area contributed by atoms with Crippen LogP contribution in [-0.2, 0) is 11.3 Å². The number of amides is 2. The average molecular weight is 378 g/mol. The third-order valence-electron chi connectivity index (χ3n) is 5.02. The number of piperazine rings is 1. The number of H-pyrrole nitrogens is 1. The highest BCUT2D eigenvalue weighted by atomic mass is 16.2. The zero-order valence-electron chi connectivity index (χ0n) is 15.7. The predicted octanol–water partition coefficient (Wildman–Crippen LogP) is 1.56. The lowest BCUT2D eigenvalue weighted by Crippen LogP contribution is -2.48. The summed E-state index contributed by atoms with van der Waals surface area (Å²) in [4.78, 5) is 32.7. The van der Waals surface area contributed by atoms with E-state index in [1.807, 2.05) is 41.3 Å². The minimum Gasteiger partial charge on any atom is -0.353 e. The van der Waals surface area contributed by atoms with Gasteiger partial charge in [0.05, 0.1) is 5.52 Å². The molecule has 144 valence electrons. The Morgan fingerprint density at radius 1 is 1.11 bits per heavy atom. The van der Waals surface area contributed by atoms with E-state index in [0.717, 1.165) is 35.4 Å². The molecule has 1 aliphatic rings. The minimum absolute atomic E-state index is 0.0967. The van der Waals surface area contributed by atoms with E-state index in [0.29, 0.717) is 25.3 Å². The predicted molar refractivity (Wildman–Crippen MR) is 106 cm³/mol.